The largest absolute Gasteiger partial charge is 0.710 e. The number of para-hydroxylation sites is 1. The Labute approximate surface area is 73.8 Å². The molecule has 1 heterocycles. The van der Waals surface area contributed by atoms with E-state index in [1.807, 2.05) is 6.07 Å². The Morgan fingerprint density at radius 2 is 2.08 bits per heavy atom. The van der Waals surface area contributed by atoms with Crippen molar-refractivity contribution in [2.75, 3.05) is 0 Å². The van der Waals surface area contributed by atoms with Crippen LogP contribution in [0.15, 0.2) is 30.6 Å². The maximum Gasteiger partial charge on any atom is 0.291 e. The van der Waals surface area contributed by atoms with Gasteiger partial charge in [-0.05, 0) is 28.7 Å². The van der Waals surface area contributed by atoms with Gasteiger partial charge in [0, 0.05) is 0 Å². The normalized spacial score (nSPS) is 10.4. The Morgan fingerprint density at radius 1 is 1.33 bits per heavy atom. The molecule has 0 atom stereocenters. The monoisotopic (exact) mass is 180 g/mol. The van der Waals surface area contributed by atoms with Gasteiger partial charge in [0.15, 0.2) is 0 Å². The highest BCUT2D eigenvalue weighted by Gasteiger charge is 2.06. The molecule has 12 heavy (non-hydrogen) atoms. The molecule has 0 saturated heterocycles. The van der Waals surface area contributed by atoms with E-state index in [2.05, 4.69) is 4.98 Å². The van der Waals surface area contributed by atoms with E-state index in [-0.39, 0.29) is 0 Å². The number of rotatable bonds is 0. The van der Waals surface area contributed by atoms with Gasteiger partial charge < -0.3 is 5.21 Å². The van der Waals surface area contributed by atoms with Gasteiger partial charge in [0.05, 0.1) is 5.39 Å². The van der Waals surface area contributed by atoms with Gasteiger partial charge in [0.1, 0.15) is 5.52 Å². The molecule has 0 aliphatic rings. The van der Waals surface area contributed by atoms with Gasteiger partial charge in [-0.25, -0.2) is 4.73 Å². The van der Waals surface area contributed by atoms with Gasteiger partial charge in [-0.3, -0.25) is 0 Å². The van der Waals surface area contributed by atoms with Crippen LogP contribution in [-0.4, -0.2) is 4.98 Å². The zero-order chi connectivity index (χ0) is 8.55. The van der Waals surface area contributed by atoms with E-state index in [1.165, 1.54) is 0 Å². The summed E-state index contributed by atoms with van der Waals surface area (Å²) in [5.74, 6) is 0. The molecule has 0 aliphatic carbocycles. The van der Waals surface area contributed by atoms with E-state index in [0.717, 1.165) is 6.33 Å². The van der Waals surface area contributed by atoms with Crippen LogP contribution in [0, 0.1) is 5.21 Å². The molecule has 0 saturated carbocycles. The minimum absolute atomic E-state index is 0.359. The number of hydrogen-bond donors (Lipinski definition) is 0. The van der Waals surface area contributed by atoms with Crippen LogP contribution in [0.3, 0.4) is 0 Å². The lowest BCUT2D eigenvalue weighted by atomic mass is 10.2. The molecule has 0 spiro atoms. The van der Waals surface area contributed by atoms with Gasteiger partial charge in [-0.2, -0.15) is 0 Å². The second-order valence-electron chi connectivity index (χ2n) is 2.38. The molecule has 3 nitrogen and oxygen atoms in total. The summed E-state index contributed by atoms with van der Waals surface area (Å²) in [6.07, 6.45) is 1.16. The highest BCUT2D eigenvalue weighted by Crippen LogP contribution is 2.16. The van der Waals surface area contributed by atoms with Gasteiger partial charge in [0.25, 0.3) is 11.5 Å². The highest BCUT2D eigenvalue weighted by atomic mass is 35.5. The summed E-state index contributed by atoms with van der Waals surface area (Å²) < 4.78 is 0.696. The van der Waals surface area contributed by atoms with Crippen molar-refractivity contribution in [1.29, 1.82) is 0 Å². The van der Waals surface area contributed by atoms with E-state index >= 15 is 0 Å². The first-order chi connectivity index (χ1) is 5.79. The Morgan fingerprint density at radius 3 is 2.83 bits per heavy atom. The summed E-state index contributed by atoms with van der Waals surface area (Å²) in [7, 11) is 0. The predicted molar refractivity (Wildman–Crippen MR) is 45.7 cm³/mol. The standard InChI is InChI=1S/C8H5ClN2O/c9-8-6-3-1-2-4-7(6)11(12)5-10-8/h1-5H. The van der Waals surface area contributed by atoms with Crippen molar-refractivity contribution in [3.8, 4) is 0 Å². The van der Waals surface area contributed by atoms with Gasteiger partial charge in [-0.15, -0.1) is 0 Å². The first-order valence-electron chi connectivity index (χ1n) is 3.41. The van der Waals surface area contributed by atoms with Gasteiger partial charge >= 0.3 is 0 Å². The molecule has 0 radical (unpaired) electrons. The first-order valence-corrected chi connectivity index (χ1v) is 3.79. The Bertz CT molecular complexity index is 390. The number of fused-ring (bicyclic) bond motifs is 1. The molecule has 0 N–H and O–H groups in total. The van der Waals surface area contributed by atoms with E-state index in [1.54, 1.807) is 18.2 Å². The quantitative estimate of drug-likeness (QED) is 0.350. The fourth-order valence-electron chi connectivity index (χ4n) is 1.08. The molecule has 2 rings (SSSR count). The maximum absolute atomic E-state index is 11.1. The molecule has 0 amide bonds. The molecule has 4 heteroatoms. The van der Waals surface area contributed by atoms with Crippen molar-refractivity contribution >= 4 is 22.5 Å². The fraction of sp³-hybridized carbons (Fsp3) is 0. The molecule has 0 bridgehead atoms. The van der Waals surface area contributed by atoms with Crippen LogP contribution >= 0.6 is 11.6 Å². The van der Waals surface area contributed by atoms with Crippen LogP contribution in [0.25, 0.3) is 10.9 Å². The van der Waals surface area contributed by atoms with E-state index < -0.39 is 0 Å². The Balaban J connectivity index is 2.95. The average molecular weight is 181 g/mol. The zero-order valence-corrected chi connectivity index (χ0v) is 6.82. The molecule has 0 unspecified atom stereocenters. The van der Waals surface area contributed by atoms with Crippen LogP contribution in [-0.2, 0) is 0 Å². The smallest absolute Gasteiger partial charge is 0.291 e. The number of benzene rings is 1. The van der Waals surface area contributed by atoms with Crippen LogP contribution in [0.5, 0.6) is 0 Å². The van der Waals surface area contributed by atoms with E-state index in [0.29, 0.717) is 20.8 Å². The third-order valence-electron chi connectivity index (χ3n) is 1.64. The van der Waals surface area contributed by atoms with Crippen LogP contribution < -0.4 is 4.73 Å². The molecule has 1 aromatic heterocycles. The molecule has 60 valence electrons. The first kappa shape index (κ1) is 7.31. The van der Waals surface area contributed by atoms with Crippen molar-refractivity contribution < 1.29 is 4.73 Å². The zero-order valence-electron chi connectivity index (χ0n) is 6.07. The maximum atomic E-state index is 11.1. The lowest BCUT2D eigenvalue weighted by Gasteiger charge is -2.03. The summed E-state index contributed by atoms with van der Waals surface area (Å²) >= 11 is 5.77. The van der Waals surface area contributed by atoms with Crippen molar-refractivity contribution in [2.24, 2.45) is 0 Å². The molecule has 0 fully saturated rings. The topological polar surface area (TPSA) is 39.8 Å². The molecule has 1 aromatic carbocycles. The minimum Gasteiger partial charge on any atom is -0.710 e. The summed E-state index contributed by atoms with van der Waals surface area (Å²) in [5, 5.41) is 12.2. The van der Waals surface area contributed by atoms with Crippen molar-refractivity contribution in [3.05, 3.63) is 41.0 Å². The van der Waals surface area contributed by atoms with Gasteiger partial charge in [-0.1, -0.05) is 12.1 Å². The Kier molecular flexibility index (Phi) is 1.59. The second kappa shape index (κ2) is 2.60. The predicted octanol–water partition coefficient (Wildman–Crippen LogP) is 1.52. The fourth-order valence-corrected chi connectivity index (χ4v) is 1.28. The van der Waals surface area contributed by atoms with Crippen LogP contribution in [0.4, 0.5) is 0 Å². The van der Waals surface area contributed by atoms with E-state index in [4.69, 9.17) is 11.6 Å². The molecular weight excluding hydrogens is 176 g/mol. The highest BCUT2D eigenvalue weighted by molar-refractivity contribution is 6.33. The van der Waals surface area contributed by atoms with Crippen molar-refractivity contribution in [3.63, 3.8) is 0 Å². The summed E-state index contributed by atoms with van der Waals surface area (Å²) in [6.45, 7) is 0. The molecule has 2 aromatic rings. The minimum atomic E-state index is 0.359. The van der Waals surface area contributed by atoms with E-state index in [9.17, 15) is 5.21 Å². The van der Waals surface area contributed by atoms with Crippen molar-refractivity contribution in [2.45, 2.75) is 0 Å². The number of aromatic nitrogens is 2. The van der Waals surface area contributed by atoms with Gasteiger partial charge in [0.2, 0.25) is 0 Å². The summed E-state index contributed by atoms with van der Waals surface area (Å²) in [5.41, 5.74) is 0.539. The molecular formula is C8H5ClN2O. The Hall–Kier alpha value is -1.35. The van der Waals surface area contributed by atoms with Crippen LogP contribution in [0.2, 0.25) is 5.15 Å². The number of hydrogen-bond acceptors (Lipinski definition) is 2. The third kappa shape index (κ3) is 0.987. The molecule has 0 aliphatic heterocycles. The second-order valence-corrected chi connectivity index (χ2v) is 2.74. The number of nitrogens with zero attached hydrogens (tertiary/aromatic N) is 2. The summed E-state index contributed by atoms with van der Waals surface area (Å²) in [6, 6.07) is 7.07. The third-order valence-corrected chi connectivity index (χ3v) is 1.94. The lowest BCUT2D eigenvalue weighted by molar-refractivity contribution is -0.580. The average Bonchev–Trinajstić information content (AvgIpc) is 2.12. The lowest BCUT2D eigenvalue weighted by Crippen LogP contribution is -2.27. The summed E-state index contributed by atoms with van der Waals surface area (Å²) in [4.78, 5) is 3.72. The van der Waals surface area contributed by atoms with Crippen LogP contribution in [0.1, 0.15) is 0 Å². The number of halogens is 1. The van der Waals surface area contributed by atoms with Crippen molar-refractivity contribution in [1.82, 2.24) is 4.98 Å². The SMILES string of the molecule is [O-][n+]1cnc(Cl)c2ccccc21.